The average Bonchev–Trinajstić information content (AvgIpc) is 2.40. The number of hydrogen-bond acceptors (Lipinski definition) is 6. The Morgan fingerprint density at radius 2 is 2.21 bits per heavy atom. The topological polar surface area (TPSA) is 91.5 Å². The second-order valence-electron chi connectivity index (χ2n) is 3.60. The molecule has 0 bridgehead atoms. The van der Waals surface area contributed by atoms with Gasteiger partial charge in [-0.3, -0.25) is 4.79 Å². The van der Waals surface area contributed by atoms with E-state index in [2.05, 4.69) is 9.72 Å². The first-order chi connectivity index (χ1) is 9.08. The molecule has 0 aliphatic heterocycles. The molecule has 0 radical (unpaired) electrons. The number of aromatic nitrogens is 1. The number of anilines is 1. The van der Waals surface area contributed by atoms with Crippen LogP contribution < -0.4 is 5.73 Å². The Hall–Kier alpha value is -2.37. The number of nitrogens with zero attached hydrogens (tertiary/aromatic N) is 1. The quantitative estimate of drug-likeness (QED) is 0.808. The van der Waals surface area contributed by atoms with Crippen molar-refractivity contribution in [1.82, 2.24) is 4.98 Å². The van der Waals surface area contributed by atoms with E-state index in [0.29, 0.717) is 12.2 Å². The van der Waals surface area contributed by atoms with Crippen LogP contribution in [0.5, 0.6) is 0 Å². The second-order valence-corrected chi connectivity index (χ2v) is 3.60. The summed E-state index contributed by atoms with van der Waals surface area (Å²) < 4.78 is 9.37. The molecule has 1 rings (SSSR count). The van der Waals surface area contributed by atoms with Crippen LogP contribution in [-0.4, -0.2) is 30.6 Å². The summed E-state index contributed by atoms with van der Waals surface area (Å²) in [5.74, 6) is -0.754. The molecule has 0 atom stereocenters. The fourth-order valence-corrected chi connectivity index (χ4v) is 1.37. The third-order valence-electron chi connectivity index (χ3n) is 2.25. The van der Waals surface area contributed by atoms with Crippen LogP contribution in [0.25, 0.3) is 6.08 Å². The molecule has 0 saturated carbocycles. The lowest BCUT2D eigenvalue weighted by atomic mass is 10.1. The summed E-state index contributed by atoms with van der Waals surface area (Å²) in [6, 6.07) is 1.55. The number of carbonyl (C=O) groups is 2. The average molecular weight is 264 g/mol. The highest BCUT2D eigenvalue weighted by Gasteiger charge is 2.11. The van der Waals surface area contributed by atoms with Crippen LogP contribution in [-0.2, 0) is 14.3 Å². The third kappa shape index (κ3) is 4.42. The predicted molar refractivity (Wildman–Crippen MR) is 70.3 cm³/mol. The van der Waals surface area contributed by atoms with E-state index in [1.807, 2.05) is 0 Å². The van der Waals surface area contributed by atoms with Crippen molar-refractivity contribution in [3.05, 3.63) is 29.5 Å². The Balaban J connectivity index is 2.77. The molecule has 0 saturated heterocycles. The Labute approximate surface area is 111 Å². The molecule has 0 amide bonds. The highest BCUT2D eigenvalue weighted by atomic mass is 16.5. The number of nitrogens with two attached hydrogens (primary N) is 1. The molecule has 0 spiro atoms. The largest absolute Gasteiger partial charge is 0.466 e. The van der Waals surface area contributed by atoms with E-state index in [1.165, 1.54) is 13.3 Å². The Kier molecular flexibility index (Phi) is 5.53. The van der Waals surface area contributed by atoms with Gasteiger partial charge in [0, 0.05) is 6.20 Å². The molecule has 0 unspecified atom stereocenters. The normalized spacial score (nSPS) is 10.4. The van der Waals surface area contributed by atoms with Gasteiger partial charge in [0.1, 0.15) is 11.4 Å². The monoisotopic (exact) mass is 264 g/mol. The van der Waals surface area contributed by atoms with Crippen molar-refractivity contribution in [1.29, 1.82) is 0 Å². The van der Waals surface area contributed by atoms with Gasteiger partial charge in [0.05, 0.1) is 20.1 Å². The van der Waals surface area contributed by atoms with Crippen molar-refractivity contribution < 1.29 is 19.1 Å². The van der Waals surface area contributed by atoms with Crippen molar-refractivity contribution in [2.24, 2.45) is 0 Å². The fourth-order valence-electron chi connectivity index (χ4n) is 1.37. The van der Waals surface area contributed by atoms with E-state index in [0.717, 1.165) is 0 Å². The molecule has 1 aromatic heterocycles. The lowest BCUT2D eigenvalue weighted by Crippen LogP contribution is -2.07. The Bertz CT molecular complexity index is 497. The van der Waals surface area contributed by atoms with Gasteiger partial charge in [-0.1, -0.05) is 12.2 Å². The first-order valence-electron chi connectivity index (χ1n) is 5.74. The van der Waals surface area contributed by atoms with Crippen molar-refractivity contribution in [3.63, 3.8) is 0 Å². The molecule has 102 valence electrons. The number of rotatable bonds is 5. The van der Waals surface area contributed by atoms with Gasteiger partial charge in [-0.15, -0.1) is 0 Å². The highest BCUT2D eigenvalue weighted by molar-refractivity contribution is 5.94. The SMILES string of the molecule is CCOC(=O)CC=Cc1cnc(N)c(C(=O)OC)c1. The van der Waals surface area contributed by atoms with E-state index in [-0.39, 0.29) is 23.8 Å². The van der Waals surface area contributed by atoms with E-state index in [4.69, 9.17) is 10.5 Å². The maximum Gasteiger partial charge on any atom is 0.341 e. The molecule has 1 aromatic rings. The molecule has 6 nitrogen and oxygen atoms in total. The van der Waals surface area contributed by atoms with Crippen molar-refractivity contribution in [2.45, 2.75) is 13.3 Å². The maximum atomic E-state index is 11.4. The summed E-state index contributed by atoms with van der Waals surface area (Å²) in [4.78, 5) is 26.4. The molecule has 0 aliphatic carbocycles. The van der Waals surface area contributed by atoms with Gasteiger partial charge in [-0.2, -0.15) is 0 Å². The lowest BCUT2D eigenvalue weighted by Gasteiger charge is -2.03. The van der Waals surface area contributed by atoms with Gasteiger partial charge in [-0.25, -0.2) is 9.78 Å². The molecular formula is C13H16N2O4. The molecule has 0 aliphatic rings. The van der Waals surface area contributed by atoms with E-state index in [9.17, 15) is 9.59 Å². The molecule has 19 heavy (non-hydrogen) atoms. The first-order valence-corrected chi connectivity index (χ1v) is 5.74. The summed E-state index contributed by atoms with van der Waals surface area (Å²) >= 11 is 0. The summed E-state index contributed by atoms with van der Waals surface area (Å²) in [5.41, 5.74) is 6.42. The zero-order chi connectivity index (χ0) is 14.3. The van der Waals surface area contributed by atoms with Gasteiger partial charge in [0.2, 0.25) is 0 Å². The Morgan fingerprint density at radius 3 is 2.84 bits per heavy atom. The highest BCUT2D eigenvalue weighted by Crippen LogP contribution is 2.13. The maximum absolute atomic E-state index is 11.4. The molecule has 2 N–H and O–H groups in total. The van der Waals surface area contributed by atoms with Gasteiger partial charge in [-0.05, 0) is 18.6 Å². The number of pyridine rings is 1. The standard InChI is InChI=1S/C13H16N2O4/c1-3-19-11(16)6-4-5-9-7-10(13(17)18-2)12(14)15-8-9/h4-5,7-8H,3,6H2,1-2H3,(H2,14,15). The summed E-state index contributed by atoms with van der Waals surface area (Å²) in [5, 5.41) is 0. The van der Waals surface area contributed by atoms with Gasteiger partial charge >= 0.3 is 11.9 Å². The number of ether oxygens (including phenoxy) is 2. The molecule has 0 aromatic carbocycles. The van der Waals surface area contributed by atoms with Crippen LogP contribution in [0.2, 0.25) is 0 Å². The van der Waals surface area contributed by atoms with Crippen LogP contribution in [0.3, 0.4) is 0 Å². The summed E-state index contributed by atoms with van der Waals surface area (Å²) in [6.45, 7) is 2.09. The number of esters is 2. The van der Waals surface area contributed by atoms with Gasteiger partial charge < -0.3 is 15.2 Å². The summed E-state index contributed by atoms with van der Waals surface area (Å²) in [7, 11) is 1.27. The summed E-state index contributed by atoms with van der Waals surface area (Å²) in [6.07, 6.45) is 4.96. The number of methoxy groups -OCH3 is 1. The molecule has 1 heterocycles. The van der Waals surface area contributed by atoms with Gasteiger partial charge in [0.25, 0.3) is 0 Å². The third-order valence-corrected chi connectivity index (χ3v) is 2.25. The predicted octanol–water partition coefficient (Wildman–Crippen LogP) is 1.42. The lowest BCUT2D eigenvalue weighted by molar-refractivity contribution is -0.142. The zero-order valence-corrected chi connectivity index (χ0v) is 10.9. The van der Waals surface area contributed by atoms with E-state index in [1.54, 1.807) is 25.1 Å². The van der Waals surface area contributed by atoms with Crippen LogP contribution in [0.1, 0.15) is 29.3 Å². The van der Waals surface area contributed by atoms with Crippen LogP contribution in [0.15, 0.2) is 18.3 Å². The zero-order valence-electron chi connectivity index (χ0n) is 10.9. The minimum atomic E-state index is -0.550. The fraction of sp³-hybridized carbons (Fsp3) is 0.308. The molecule has 6 heteroatoms. The van der Waals surface area contributed by atoms with E-state index >= 15 is 0 Å². The Morgan fingerprint density at radius 1 is 1.47 bits per heavy atom. The van der Waals surface area contributed by atoms with Crippen molar-refractivity contribution in [3.8, 4) is 0 Å². The number of carbonyl (C=O) groups excluding carboxylic acids is 2. The van der Waals surface area contributed by atoms with Crippen LogP contribution >= 0.6 is 0 Å². The molecular weight excluding hydrogens is 248 g/mol. The van der Waals surface area contributed by atoms with E-state index < -0.39 is 5.97 Å². The second kappa shape index (κ2) is 7.15. The van der Waals surface area contributed by atoms with Gasteiger partial charge in [0.15, 0.2) is 0 Å². The molecule has 0 fully saturated rings. The minimum absolute atomic E-state index is 0.106. The van der Waals surface area contributed by atoms with Crippen LogP contribution in [0.4, 0.5) is 5.82 Å². The number of nitrogen functional groups attached to an aromatic ring is 1. The van der Waals surface area contributed by atoms with Crippen molar-refractivity contribution in [2.75, 3.05) is 19.5 Å². The number of hydrogen-bond donors (Lipinski definition) is 1. The first kappa shape index (κ1) is 14.7. The smallest absolute Gasteiger partial charge is 0.341 e. The van der Waals surface area contributed by atoms with Crippen LogP contribution in [0, 0.1) is 0 Å². The van der Waals surface area contributed by atoms with Crippen molar-refractivity contribution >= 4 is 23.8 Å². The minimum Gasteiger partial charge on any atom is -0.466 e.